The van der Waals surface area contributed by atoms with Gasteiger partial charge in [-0.2, -0.15) is 16.8 Å². The van der Waals surface area contributed by atoms with E-state index in [1.54, 1.807) is 6.07 Å². The van der Waals surface area contributed by atoms with Gasteiger partial charge in [0.05, 0.1) is 10.3 Å². The maximum atomic E-state index is 11.0. The van der Waals surface area contributed by atoms with Crippen LogP contribution in [-0.4, -0.2) is 25.9 Å². The minimum absolute atomic E-state index is 0.0549. The van der Waals surface area contributed by atoms with E-state index in [0.717, 1.165) is 38.8 Å². The van der Waals surface area contributed by atoms with E-state index in [4.69, 9.17) is 9.11 Å². The van der Waals surface area contributed by atoms with Crippen molar-refractivity contribution in [3.05, 3.63) is 95.9 Å². The third-order valence-electron chi connectivity index (χ3n) is 5.78. The molecule has 0 saturated carbocycles. The van der Waals surface area contributed by atoms with Crippen molar-refractivity contribution in [3.63, 3.8) is 0 Å². The van der Waals surface area contributed by atoms with Gasteiger partial charge in [0.25, 0.3) is 20.2 Å². The first-order valence-electron chi connectivity index (χ1n) is 10.2. The van der Waals surface area contributed by atoms with E-state index in [0.29, 0.717) is 0 Å². The van der Waals surface area contributed by atoms with Crippen LogP contribution in [-0.2, 0) is 20.2 Å². The van der Waals surface area contributed by atoms with Gasteiger partial charge in [0.1, 0.15) is 0 Å². The summed E-state index contributed by atoms with van der Waals surface area (Å²) in [4.78, 5) is -0.0549. The van der Waals surface area contributed by atoms with E-state index in [9.17, 15) is 16.8 Å². The third-order valence-corrected chi connectivity index (χ3v) is 7.11. The highest BCUT2D eigenvalue weighted by Gasteiger charge is 2.24. The minimum atomic E-state index is -4.11. The van der Waals surface area contributed by atoms with Gasteiger partial charge in [-0.25, -0.2) is 0 Å². The van der Waals surface area contributed by atoms with E-state index < -0.39 is 20.2 Å². The van der Waals surface area contributed by atoms with Gasteiger partial charge in [-0.1, -0.05) is 66.7 Å². The monoisotopic (exact) mass is 490 g/mol. The lowest BCUT2D eigenvalue weighted by atomic mass is 9.80. The fourth-order valence-electron chi connectivity index (χ4n) is 4.21. The van der Waals surface area contributed by atoms with Crippen molar-refractivity contribution >= 4 is 26.3 Å². The van der Waals surface area contributed by atoms with Crippen LogP contribution in [0.15, 0.2) is 95.2 Å². The zero-order valence-corrected chi connectivity index (χ0v) is 19.2. The molecule has 2 aliphatic rings. The van der Waals surface area contributed by atoms with E-state index in [-0.39, 0.29) is 4.90 Å². The van der Waals surface area contributed by atoms with Gasteiger partial charge in [-0.05, 0) is 74.3 Å². The number of hydrogen-bond acceptors (Lipinski definition) is 4. The molecule has 0 spiro atoms. The van der Waals surface area contributed by atoms with Crippen LogP contribution in [0.25, 0.3) is 50.6 Å². The van der Waals surface area contributed by atoms with Crippen molar-refractivity contribution in [1.82, 2.24) is 0 Å². The van der Waals surface area contributed by atoms with Gasteiger partial charge in [-0.15, -0.1) is 0 Å². The third kappa shape index (κ3) is 4.08. The van der Waals surface area contributed by atoms with Crippen molar-refractivity contribution < 1.29 is 25.9 Å². The van der Waals surface area contributed by atoms with Gasteiger partial charge < -0.3 is 0 Å². The van der Waals surface area contributed by atoms with Crippen LogP contribution in [0.4, 0.5) is 0 Å². The molecule has 0 fully saturated rings. The predicted octanol–water partition coefficient (Wildman–Crippen LogP) is 5.77. The lowest BCUT2D eigenvalue weighted by Gasteiger charge is -2.23. The predicted molar refractivity (Wildman–Crippen MR) is 132 cm³/mol. The van der Waals surface area contributed by atoms with Crippen molar-refractivity contribution in [2.45, 2.75) is 4.90 Å². The molecule has 2 aliphatic carbocycles. The van der Waals surface area contributed by atoms with Crippen molar-refractivity contribution in [2.24, 2.45) is 0 Å². The largest absolute Gasteiger partial charge is 0.294 e. The fourth-order valence-corrected chi connectivity index (χ4v) is 5.05. The summed E-state index contributed by atoms with van der Waals surface area (Å²) in [5, 5.41) is 0.791. The molecule has 34 heavy (non-hydrogen) atoms. The molecule has 0 amide bonds. The molecule has 6 nitrogen and oxygen atoms in total. The van der Waals surface area contributed by atoms with Crippen LogP contribution >= 0.6 is 0 Å². The summed E-state index contributed by atoms with van der Waals surface area (Å²) in [5.41, 5.74) is 9.50. The second kappa shape index (κ2) is 8.03. The zero-order valence-electron chi connectivity index (χ0n) is 17.6. The highest BCUT2D eigenvalue weighted by molar-refractivity contribution is 7.88. The molecular formula is C26H18O6S2. The van der Waals surface area contributed by atoms with E-state index >= 15 is 0 Å². The Hall–Kier alpha value is -3.56. The number of rotatable bonds is 3. The Morgan fingerprint density at radius 2 is 0.971 bits per heavy atom. The van der Waals surface area contributed by atoms with Crippen molar-refractivity contribution in [1.29, 1.82) is 0 Å². The number of fused-ring (bicyclic) bond motifs is 8. The molecule has 0 saturated heterocycles. The zero-order chi connectivity index (χ0) is 24.1. The van der Waals surface area contributed by atoms with Crippen LogP contribution in [0.1, 0.15) is 5.56 Å². The van der Waals surface area contributed by atoms with Gasteiger partial charge in [0, 0.05) is 0 Å². The van der Waals surface area contributed by atoms with Crippen molar-refractivity contribution in [3.8, 4) is 44.5 Å². The SMILES string of the molecule is O=S(=O)(O)C=Cc1ccc2c(c1)-c1ccccc1-2.O=S(=O)(O)c1ccc2c(c1)-c1ccccc1-2. The number of hydrogen-bond donors (Lipinski definition) is 2. The summed E-state index contributed by atoms with van der Waals surface area (Å²) in [6, 6.07) is 26.2. The molecule has 0 aromatic heterocycles. The molecule has 6 rings (SSSR count). The van der Waals surface area contributed by atoms with Gasteiger partial charge in [0.15, 0.2) is 0 Å². The topological polar surface area (TPSA) is 109 Å². The standard InChI is InChI=1S/C14H10O3S.C12H8O3S/c15-18(16,17)8-7-10-5-6-13-11-3-1-2-4-12(11)14(13)9-10;13-16(14,15)8-5-6-11-9-3-1-2-4-10(9)12(11)7-8/h1-9H,(H,15,16,17);1-7H,(H,13,14,15). The molecule has 170 valence electrons. The Morgan fingerprint density at radius 3 is 1.47 bits per heavy atom. The van der Waals surface area contributed by atoms with Crippen LogP contribution in [0.3, 0.4) is 0 Å². The molecule has 0 atom stereocenters. The van der Waals surface area contributed by atoms with Gasteiger partial charge in [0.2, 0.25) is 0 Å². The molecule has 0 unspecified atom stereocenters. The Balaban J connectivity index is 0.000000142. The number of benzene rings is 4. The molecule has 0 heterocycles. The molecule has 8 heteroatoms. The summed E-state index contributed by atoms with van der Waals surface area (Å²) >= 11 is 0. The smallest absolute Gasteiger partial charge is 0.282 e. The molecular weight excluding hydrogens is 472 g/mol. The molecule has 4 aromatic carbocycles. The second-order valence-electron chi connectivity index (χ2n) is 7.90. The lowest BCUT2D eigenvalue weighted by molar-refractivity contribution is 0.483. The summed E-state index contributed by atoms with van der Waals surface area (Å²) in [7, 11) is -8.18. The summed E-state index contributed by atoms with van der Waals surface area (Å²) in [6.45, 7) is 0. The molecule has 4 aromatic rings. The minimum Gasteiger partial charge on any atom is -0.282 e. The molecule has 0 aliphatic heterocycles. The Morgan fingerprint density at radius 1 is 0.529 bits per heavy atom. The average Bonchev–Trinajstić information content (AvgIpc) is 2.78. The first kappa shape index (κ1) is 22.2. The Labute approximate surface area is 197 Å². The molecule has 2 N–H and O–H groups in total. The highest BCUT2D eigenvalue weighted by Crippen LogP contribution is 2.48. The maximum absolute atomic E-state index is 11.0. The summed E-state index contributed by atoms with van der Waals surface area (Å²) in [6.07, 6.45) is 1.39. The lowest BCUT2D eigenvalue weighted by Crippen LogP contribution is -2.03. The summed E-state index contributed by atoms with van der Waals surface area (Å²) < 4.78 is 60.9. The van der Waals surface area contributed by atoms with Gasteiger partial charge in [-0.3, -0.25) is 9.11 Å². The second-order valence-corrected chi connectivity index (χ2v) is 10.6. The van der Waals surface area contributed by atoms with Crippen LogP contribution < -0.4 is 0 Å². The van der Waals surface area contributed by atoms with E-state index in [2.05, 4.69) is 6.07 Å². The van der Waals surface area contributed by atoms with Gasteiger partial charge >= 0.3 is 0 Å². The van der Waals surface area contributed by atoms with Crippen LogP contribution in [0, 0.1) is 0 Å². The molecule has 0 bridgehead atoms. The Bertz CT molecular complexity index is 1700. The van der Waals surface area contributed by atoms with E-state index in [1.807, 2.05) is 60.7 Å². The van der Waals surface area contributed by atoms with E-state index in [1.165, 1.54) is 34.9 Å². The molecule has 0 radical (unpaired) electrons. The Kier molecular flexibility index (Phi) is 5.26. The van der Waals surface area contributed by atoms with Crippen LogP contribution in [0.5, 0.6) is 0 Å². The summed E-state index contributed by atoms with van der Waals surface area (Å²) in [5.74, 6) is 0. The normalized spacial score (nSPS) is 12.8. The first-order valence-corrected chi connectivity index (χ1v) is 13.2. The van der Waals surface area contributed by atoms with Crippen LogP contribution in [0.2, 0.25) is 0 Å². The first-order chi connectivity index (χ1) is 16.1. The quantitative estimate of drug-likeness (QED) is 0.305. The maximum Gasteiger partial charge on any atom is 0.294 e. The van der Waals surface area contributed by atoms with Crippen molar-refractivity contribution in [2.75, 3.05) is 0 Å². The fraction of sp³-hybridized carbons (Fsp3) is 0. The highest BCUT2D eigenvalue weighted by atomic mass is 32.2. The average molecular weight is 491 g/mol.